The quantitative estimate of drug-likeness (QED) is 0.359. The van der Waals surface area contributed by atoms with Gasteiger partial charge in [0.15, 0.2) is 5.96 Å². The molecule has 0 saturated carbocycles. The zero-order valence-electron chi connectivity index (χ0n) is 18.1. The van der Waals surface area contributed by atoms with Gasteiger partial charge in [-0.05, 0) is 26.0 Å². The third kappa shape index (κ3) is 5.82. The minimum Gasteiger partial charge on any atom is -0.357 e. The van der Waals surface area contributed by atoms with Crippen molar-refractivity contribution in [2.75, 3.05) is 44.2 Å². The molecule has 2 aromatic rings. The van der Waals surface area contributed by atoms with Crippen molar-refractivity contribution < 1.29 is 13.2 Å². The molecule has 1 fully saturated rings. The van der Waals surface area contributed by atoms with Crippen molar-refractivity contribution in [2.24, 2.45) is 12.0 Å². The number of aliphatic imine (C=N–C) groups is 1. The van der Waals surface area contributed by atoms with Crippen molar-refractivity contribution in [3.05, 3.63) is 42.2 Å². The van der Waals surface area contributed by atoms with Crippen molar-refractivity contribution in [3.8, 4) is 0 Å². The number of amides is 1. The van der Waals surface area contributed by atoms with Crippen LogP contribution in [-0.4, -0.2) is 74.2 Å². The van der Waals surface area contributed by atoms with E-state index in [1.165, 1.54) is 0 Å². The first-order chi connectivity index (χ1) is 14.8. The first kappa shape index (κ1) is 22.8. The Bertz CT molecular complexity index is 1030. The molecular formula is C20H29N7O3S. The average Bonchev–Trinajstić information content (AvgIpc) is 3.16. The van der Waals surface area contributed by atoms with Gasteiger partial charge in [-0.3, -0.25) is 14.5 Å². The molecule has 2 N–H and O–H groups in total. The van der Waals surface area contributed by atoms with Gasteiger partial charge in [0.2, 0.25) is 15.9 Å². The number of carbonyl (C=O) groups excluding carboxylic acids is 1. The summed E-state index contributed by atoms with van der Waals surface area (Å²) in [7, 11) is -1.77. The number of nitrogens with one attached hydrogen (secondary N) is 2. The van der Waals surface area contributed by atoms with Gasteiger partial charge < -0.3 is 15.1 Å². The third-order valence-electron chi connectivity index (χ3n) is 4.85. The van der Waals surface area contributed by atoms with Gasteiger partial charge in [0.1, 0.15) is 6.54 Å². The molecule has 11 heteroatoms. The predicted octanol–water partition coefficient (Wildman–Crippen LogP) is 0.321. The summed E-state index contributed by atoms with van der Waals surface area (Å²) in [4.78, 5) is 21.0. The summed E-state index contributed by atoms with van der Waals surface area (Å²) in [6, 6.07) is 6.69. The van der Waals surface area contributed by atoms with Crippen LogP contribution in [0.1, 0.15) is 12.5 Å². The van der Waals surface area contributed by atoms with Crippen LogP contribution in [0.2, 0.25) is 0 Å². The molecule has 1 amide bonds. The summed E-state index contributed by atoms with van der Waals surface area (Å²) in [6.07, 6.45) is 3.49. The number of piperazine rings is 1. The van der Waals surface area contributed by atoms with Gasteiger partial charge in [0.25, 0.3) is 0 Å². The molecule has 0 unspecified atom stereocenters. The summed E-state index contributed by atoms with van der Waals surface area (Å²) in [5, 5.41) is 7.30. The van der Waals surface area contributed by atoms with Crippen LogP contribution in [0.4, 0.5) is 5.69 Å². The van der Waals surface area contributed by atoms with E-state index in [1.54, 1.807) is 40.0 Å². The Morgan fingerprint density at radius 3 is 2.58 bits per heavy atom. The molecule has 1 saturated heterocycles. The van der Waals surface area contributed by atoms with Crippen molar-refractivity contribution in [3.63, 3.8) is 0 Å². The Labute approximate surface area is 183 Å². The van der Waals surface area contributed by atoms with E-state index in [9.17, 15) is 13.2 Å². The largest absolute Gasteiger partial charge is 0.357 e. The second-order valence-electron chi connectivity index (χ2n) is 7.29. The first-order valence-corrected chi connectivity index (χ1v) is 11.7. The highest BCUT2D eigenvalue weighted by atomic mass is 32.2. The lowest BCUT2D eigenvalue weighted by Crippen LogP contribution is -2.55. The monoisotopic (exact) mass is 447 g/mol. The van der Waals surface area contributed by atoms with E-state index in [4.69, 9.17) is 0 Å². The minimum absolute atomic E-state index is 0.0371. The summed E-state index contributed by atoms with van der Waals surface area (Å²) < 4.78 is 29.0. The number of benzene rings is 1. The number of aryl methyl sites for hydroxylation is 2. The van der Waals surface area contributed by atoms with E-state index in [0.29, 0.717) is 25.6 Å². The van der Waals surface area contributed by atoms with Crippen molar-refractivity contribution >= 4 is 27.6 Å². The van der Waals surface area contributed by atoms with E-state index in [-0.39, 0.29) is 30.4 Å². The molecule has 3 rings (SSSR count). The Morgan fingerprint density at radius 2 is 1.97 bits per heavy atom. The first-order valence-electron chi connectivity index (χ1n) is 10.2. The van der Waals surface area contributed by atoms with Gasteiger partial charge in [-0.15, -0.1) is 0 Å². The zero-order chi connectivity index (χ0) is 22.4. The molecule has 1 aliphatic heterocycles. The van der Waals surface area contributed by atoms with Gasteiger partial charge >= 0.3 is 0 Å². The Balaban J connectivity index is 1.57. The molecule has 1 aromatic carbocycles. The average molecular weight is 448 g/mol. The minimum atomic E-state index is -3.58. The smallest absolute Gasteiger partial charge is 0.246 e. The zero-order valence-corrected chi connectivity index (χ0v) is 18.9. The van der Waals surface area contributed by atoms with Crippen molar-refractivity contribution in [1.82, 2.24) is 24.7 Å². The molecule has 0 aliphatic carbocycles. The van der Waals surface area contributed by atoms with Crippen LogP contribution in [0.3, 0.4) is 0 Å². The number of guanidine groups is 1. The van der Waals surface area contributed by atoms with Gasteiger partial charge in [0, 0.05) is 39.4 Å². The van der Waals surface area contributed by atoms with E-state index in [1.807, 2.05) is 32.0 Å². The van der Waals surface area contributed by atoms with Crippen LogP contribution in [0.15, 0.2) is 46.5 Å². The van der Waals surface area contributed by atoms with Crippen molar-refractivity contribution in [1.29, 1.82) is 0 Å². The highest BCUT2D eigenvalue weighted by Gasteiger charge is 2.27. The van der Waals surface area contributed by atoms with Gasteiger partial charge in [-0.2, -0.15) is 5.10 Å². The Morgan fingerprint density at radius 1 is 1.23 bits per heavy atom. The lowest BCUT2D eigenvalue weighted by molar-refractivity contribution is -0.120. The Hall–Kier alpha value is -2.92. The number of rotatable bonds is 7. The highest BCUT2D eigenvalue weighted by molar-refractivity contribution is 7.89. The number of anilines is 1. The molecule has 0 bridgehead atoms. The number of sulfonamides is 1. The number of nitrogens with zero attached hydrogens (tertiary/aromatic N) is 5. The normalized spacial score (nSPS) is 15.5. The van der Waals surface area contributed by atoms with Crippen molar-refractivity contribution in [2.45, 2.75) is 18.7 Å². The third-order valence-corrected chi connectivity index (χ3v) is 6.33. The maximum Gasteiger partial charge on any atom is 0.246 e. The van der Waals surface area contributed by atoms with E-state index < -0.39 is 10.0 Å². The van der Waals surface area contributed by atoms with E-state index in [0.717, 1.165) is 11.3 Å². The maximum absolute atomic E-state index is 12.6. The van der Waals surface area contributed by atoms with Crippen LogP contribution in [0, 0.1) is 6.92 Å². The number of hydrogen-bond acceptors (Lipinski definition) is 5. The fourth-order valence-corrected chi connectivity index (χ4v) is 4.26. The molecule has 31 heavy (non-hydrogen) atoms. The molecule has 0 radical (unpaired) electrons. The predicted molar refractivity (Wildman–Crippen MR) is 119 cm³/mol. The molecule has 1 aliphatic rings. The SMILES string of the molecule is CCNC(=NCCNS(=O)(=O)c1ccc(C)cc1)N1CCN(c2cnn(C)c2)C(=O)C1. The molecule has 0 atom stereocenters. The lowest BCUT2D eigenvalue weighted by atomic mass is 10.2. The van der Waals surface area contributed by atoms with Crippen LogP contribution < -0.4 is 14.9 Å². The maximum atomic E-state index is 12.6. The molecular weight excluding hydrogens is 418 g/mol. The fraction of sp³-hybridized carbons (Fsp3) is 0.450. The fourth-order valence-electron chi connectivity index (χ4n) is 3.24. The van der Waals surface area contributed by atoms with Gasteiger partial charge in [-0.1, -0.05) is 17.7 Å². The number of hydrogen-bond donors (Lipinski definition) is 2. The van der Waals surface area contributed by atoms with Crippen LogP contribution >= 0.6 is 0 Å². The van der Waals surface area contributed by atoms with Crippen LogP contribution in [0.5, 0.6) is 0 Å². The summed E-state index contributed by atoms with van der Waals surface area (Å²) >= 11 is 0. The molecule has 0 spiro atoms. The summed E-state index contributed by atoms with van der Waals surface area (Å²) in [5.74, 6) is 0.557. The lowest BCUT2D eigenvalue weighted by Gasteiger charge is -2.35. The highest BCUT2D eigenvalue weighted by Crippen LogP contribution is 2.16. The van der Waals surface area contributed by atoms with Crippen LogP contribution in [0.25, 0.3) is 0 Å². The Kier molecular flexibility index (Phi) is 7.29. The summed E-state index contributed by atoms with van der Waals surface area (Å²) in [6.45, 7) is 6.24. The van der Waals surface area contributed by atoms with Gasteiger partial charge in [0.05, 0.1) is 23.3 Å². The number of carbonyl (C=O) groups is 1. The molecule has 168 valence electrons. The second kappa shape index (κ2) is 9.92. The molecule has 10 nitrogen and oxygen atoms in total. The molecule has 1 aromatic heterocycles. The standard InChI is InChI=1S/C20H29N7O3S/c1-4-21-20(22-9-10-24-31(29,30)18-7-5-16(2)6-8-18)26-11-12-27(19(28)15-26)17-13-23-25(3)14-17/h5-8,13-14,24H,4,9-12,15H2,1-3H3,(H,21,22). The van der Waals surface area contributed by atoms with Gasteiger partial charge in [-0.25, -0.2) is 13.1 Å². The van der Waals surface area contributed by atoms with Crippen LogP contribution in [-0.2, 0) is 21.9 Å². The second-order valence-corrected chi connectivity index (χ2v) is 9.05. The summed E-state index contributed by atoms with van der Waals surface area (Å²) in [5.41, 5.74) is 1.77. The molecule has 2 heterocycles. The van der Waals surface area contributed by atoms with E-state index >= 15 is 0 Å². The number of aromatic nitrogens is 2. The van der Waals surface area contributed by atoms with E-state index in [2.05, 4.69) is 20.1 Å². The topological polar surface area (TPSA) is 112 Å².